The Morgan fingerprint density at radius 1 is 0.500 bits per heavy atom. The maximum Gasteiger partial charge on any atom is 0.0718 e. The molecule has 0 radical (unpaired) electrons. The van der Waals surface area contributed by atoms with E-state index in [1.807, 2.05) is 0 Å². The van der Waals surface area contributed by atoms with Crippen LogP contribution in [0.1, 0.15) is 22.3 Å². The first-order valence-electron chi connectivity index (χ1n) is 9.74. The van der Waals surface area contributed by atoms with Crippen molar-refractivity contribution in [1.29, 1.82) is 0 Å². The second kappa shape index (κ2) is 7.44. The summed E-state index contributed by atoms with van der Waals surface area (Å²) in [6, 6.07) is 28.1. The van der Waals surface area contributed by atoms with Crippen LogP contribution in [0.2, 0.25) is 0 Å². The molecule has 3 aromatic carbocycles. The molecule has 0 aliphatic rings. The molecule has 28 heavy (non-hydrogen) atoms. The molecule has 0 aliphatic heterocycles. The third-order valence-electron chi connectivity index (χ3n) is 5.27. The molecule has 1 heterocycles. The number of hydrogen-bond acceptors (Lipinski definition) is 1. The highest BCUT2D eigenvalue weighted by atomic mass is 14.7. The van der Waals surface area contributed by atoms with Crippen LogP contribution in [0.3, 0.4) is 0 Å². The number of aromatic nitrogens is 1. The summed E-state index contributed by atoms with van der Waals surface area (Å²) in [5, 5.41) is 0. The molecule has 0 saturated carbocycles. The normalized spacial score (nSPS) is 10.9. The molecule has 0 bridgehead atoms. The van der Waals surface area contributed by atoms with Gasteiger partial charge in [0, 0.05) is 11.1 Å². The lowest BCUT2D eigenvalue weighted by Crippen LogP contribution is -1.95. The van der Waals surface area contributed by atoms with Crippen molar-refractivity contribution in [3.8, 4) is 33.6 Å². The van der Waals surface area contributed by atoms with Gasteiger partial charge in [-0.25, -0.2) is 4.98 Å². The van der Waals surface area contributed by atoms with Crippen LogP contribution in [-0.2, 0) is 0 Å². The van der Waals surface area contributed by atoms with E-state index in [-0.39, 0.29) is 0 Å². The van der Waals surface area contributed by atoms with Gasteiger partial charge in [0.15, 0.2) is 0 Å². The van der Waals surface area contributed by atoms with E-state index in [4.69, 9.17) is 4.98 Å². The molecule has 0 amide bonds. The summed E-state index contributed by atoms with van der Waals surface area (Å²) in [5.74, 6) is 0. The second-order valence-electron chi connectivity index (χ2n) is 7.63. The van der Waals surface area contributed by atoms with Crippen molar-refractivity contribution in [3.05, 3.63) is 101 Å². The molecular weight excluding hydrogens is 338 g/mol. The van der Waals surface area contributed by atoms with Crippen LogP contribution < -0.4 is 0 Å². The molecule has 138 valence electrons. The number of pyridine rings is 1. The highest BCUT2D eigenvalue weighted by molar-refractivity contribution is 5.78. The monoisotopic (exact) mass is 363 g/mol. The van der Waals surface area contributed by atoms with Crippen molar-refractivity contribution < 1.29 is 0 Å². The summed E-state index contributed by atoms with van der Waals surface area (Å²) < 4.78 is 0. The van der Waals surface area contributed by atoms with E-state index >= 15 is 0 Å². The van der Waals surface area contributed by atoms with E-state index < -0.39 is 0 Å². The van der Waals surface area contributed by atoms with Crippen molar-refractivity contribution in [3.63, 3.8) is 0 Å². The number of hydrogen-bond donors (Lipinski definition) is 0. The zero-order valence-electron chi connectivity index (χ0n) is 17.0. The van der Waals surface area contributed by atoms with Gasteiger partial charge < -0.3 is 0 Å². The molecule has 0 fully saturated rings. The molecule has 0 N–H and O–H groups in total. The van der Waals surface area contributed by atoms with Gasteiger partial charge in [-0.1, -0.05) is 65.7 Å². The van der Waals surface area contributed by atoms with Crippen molar-refractivity contribution in [2.75, 3.05) is 0 Å². The Morgan fingerprint density at radius 3 is 1.50 bits per heavy atom. The number of aryl methyl sites for hydroxylation is 4. The lowest BCUT2D eigenvalue weighted by molar-refractivity contribution is 1.27. The van der Waals surface area contributed by atoms with Gasteiger partial charge in [-0.05, 0) is 74.2 Å². The van der Waals surface area contributed by atoms with E-state index in [1.54, 1.807) is 0 Å². The van der Waals surface area contributed by atoms with Crippen molar-refractivity contribution >= 4 is 0 Å². The zero-order chi connectivity index (χ0) is 19.7. The van der Waals surface area contributed by atoms with Crippen LogP contribution in [0, 0.1) is 27.7 Å². The van der Waals surface area contributed by atoms with E-state index in [1.165, 1.54) is 44.5 Å². The lowest BCUT2D eigenvalue weighted by atomic mass is 9.95. The first-order chi connectivity index (χ1) is 13.5. The van der Waals surface area contributed by atoms with Gasteiger partial charge in [-0.2, -0.15) is 0 Å². The number of benzene rings is 3. The maximum absolute atomic E-state index is 5.10. The molecule has 0 unspecified atom stereocenters. The Morgan fingerprint density at radius 2 is 1.00 bits per heavy atom. The van der Waals surface area contributed by atoms with E-state index in [2.05, 4.69) is 107 Å². The molecule has 0 atom stereocenters. The molecule has 0 spiro atoms. The smallest absolute Gasteiger partial charge is 0.0718 e. The molecule has 4 rings (SSSR count). The Hall–Kier alpha value is -3.19. The van der Waals surface area contributed by atoms with Crippen molar-refractivity contribution in [1.82, 2.24) is 4.98 Å². The molecule has 4 aromatic rings. The Balaban J connectivity index is 1.99. The third kappa shape index (κ3) is 3.61. The van der Waals surface area contributed by atoms with E-state index in [0.29, 0.717) is 0 Å². The fraction of sp³-hybridized carbons (Fsp3) is 0.148. The van der Waals surface area contributed by atoms with Gasteiger partial charge >= 0.3 is 0 Å². The van der Waals surface area contributed by atoms with Crippen LogP contribution >= 0.6 is 0 Å². The standard InChI is InChI=1S/C27H25N/c1-18-10-12-20(3)24(14-18)26-16-23(22-8-6-5-7-9-22)17-27(28-26)25-15-19(2)11-13-21(25)4/h5-17H,1-4H3. The maximum atomic E-state index is 5.10. The summed E-state index contributed by atoms with van der Waals surface area (Å²) in [7, 11) is 0. The summed E-state index contributed by atoms with van der Waals surface area (Å²) in [4.78, 5) is 5.10. The van der Waals surface area contributed by atoms with E-state index in [9.17, 15) is 0 Å². The van der Waals surface area contributed by atoms with Gasteiger partial charge in [0.25, 0.3) is 0 Å². The summed E-state index contributed by atoms with van der Waals surface area (Å²) in [6.45, 7) is 8.58. The molecule has 1 nitrogen and oxygen atoms in total. The fourth-order valence-corrected chi connectivity index (χ4v) is 3.63. The average molecular weight is 364 g/mol. The molecular formula is C27H25N. The summed E-state index contributed by atoms with van der Waals surface area (Å²) in [6.07, 6.45) is 0. The Bertz CT molecular complexity index is 1070. The fourth-order valence-electron chi connectivity index (χ4n) is 3.63. The quantitative estimate of drug-likeness (QED) is 0.372. The predicted molar refractivity (Wildman–Crippen MR) is 119 cm³/mol. The van der Waals surface area contributed by atoms with Gasteiger partial charge in [0.1, 0.15) is 0 Å². The van der Waals surface area contributed by atoms with Crippen molar-refractivity contribution in [2.45, 2.75) is 27.7 Å². The van der Waals surface area contributed by atoms with Crippen LogP contribution in [0.5, 0.6) is 0 Å². The summed E-state index contributed by atoms with van der Waals surface area (Å²) in [5.41, 5.74) is 11.9. The molecule has 1 heteroatoms. The lowest BCUT2D eigenvalue weighted by Gasteiger charge is -2.14. The minimum absolute atomic E-state index is 1.03. The predicted octanol–water partition coefficient (Wildman–Crippen LogP) is 7.32. The Labute approximate surface area is 167 Å². The van der Waals surface area contributed by atoms with Gasteiger partial charge in [-0.3, -0.25) is 0 Å². The average Bonchev–Trinajstić information content (AvgIpc) is 2.72. The molecule has 1 aromatic heterocycles. The molecule has 0 saturated heterocycles. The van der Waals surface area contributed by atoms with Crippen LogP contribution in [0.4, 0.5) is 0 Å². The van der Waals surface area contributed by atoms with Crippen LogP contribution in [-0.4, -0.2) is 4.98 Å². The summed E-state index contributed by atoms with van der Waals surface area (Å²) >= 11 is 0. The number of rotatable bonds is 3. The van der Waals surface area contributed by atoms with Gasteiger partial charge in [0.2, 0.25) is 0 Å². The minimum Gasteiger partial charge on any atom is -0.248 e. The number of nitrogens with zero attached hydrogens (tertiary/aromatic N) is 1. The third-order valence-corrected chi connectivity index (χ3v) is 5.27. The SMILES string of the molecule is Cc1ccc(C)c(-c2cc(-c3ccccc3)cc(-c3cc(C)ccc3C)n2)c1. The van der Waals surface area contributed by atoms with E-state index in [0.717, 1.165) is 11.4 Å². The molecule has 0 aliphatic carbocycles. The minimum atomic E-state index is 1.03. The highest BCUT2D eigenvalue weighted by Gasteiger charge is 2.12. The zero-order valence-corrected chi connectivity index (χ0v) is 17.0. The van der Waals surface area contributed by atoms with Gasteiger partial charge in [-0.15, -0.1) is 0 Å². The van der Waals surface area contributed by atoms with Crippen LogP contribution in [0.15, 0.2) is 78.9 Å². The second-order valence-corrected chi connectivity index (χ2v) is 7.63. The van der Waals surface area contributed by atoms with Crippen LogP contribution in [0.25, 0.3) is 33.6 Å². The highest BCUT2D eigenvalue weighted by Crippen LogP contribution is 2.33. The first-order valence-corrected chi connectivity index (χ1v) is 9.74. The first kappa shape index (κ1) is 18.2. The van der Waals surface area contributed by atoms with Gasteiger partial charge in [0.05, 0.1) is 11.4 Å². The Kier molecular flexibility index (Phi) is 4.83. The largest absolute Gasteiger partial charge is 0.248 e. The van der Waals surface area contributed by atoms with Crippen molar-refractivity contribution in [2.24, 2.45) is 0 Å². The topological polar surface area (TPSA) is 12.9 Å².